The highest BCUT2D eigenvalue weighted by Crippen LogP contribution is 2.29. The quantitative estimate of drug-likeness (QED) is 0.849. The third-order valence-electron chi connectivity index (χ3n) is 3.51. The summed E-state index contributed by atoms with van der Waals surface area (Å²) in [5.74, 6) is 2.66. The normalized spacial score (nSPS) is 16.7. The van der Waals surface area contributed by atoms with Crippen LogP contribution < -0.4 is 15.4 Å². The lowest BCUT2D eigenvalue weighted by molar-refractivity contribution is -0.122. The van der Waals surface area contributed by atoms with Gasteiger partial charge in [-0.2, -0.15) is 0 Å². The number of benzene rings is 1. The van der Waals surface area contributed by atoms with Crippen LogP contribution in [0.15, 0.2) is 36.4 Å². The minimum Gasteiger partial charge on any atom is -0.497 e. The maximum atomic E-state index is 12.0. The number of carbonyl (C=O) groups is 1. The second kappa shape index (κ2) is 8.59. The first-order valence-electron chi connectivity index (χ1n) is 7.08. The Morgan fingerprint density at radius 1 is 1.30 bits per heavy atom. The summed E-state index contributed by atoms with van der Waals surface area (Å²) in [6.07, 6.45) is 0. The van der Waals surface area contributed by atoms with Gasteiger partial charge in [-0.25, -0.2) is 0 Å². The van der Waals surface area contributed by atoms with Crippen molar-refractivity contribution in [2.45, 2.75) is 12.6 Å². The molecule has 1 fully saturated rings. The van der Waals surface area contributed by atoms with Crippen LogP contribution in [0.4, 0.5) is 0 Å². The number of nitrogens with one attached hydrogen (secondary N) is 2. The van der Waals surface area contributed by atoms with E-state index in [2.05, 4.69) is 22.8 Å². The molecule has 0 aliphatic carbocycles. The second-order valence-electron chi connectivity index (χ2n) is 4.98. The van der Waals surface area contributed by atoms with E-state index in [1.54, 1.807) is 30.2 Å². The maximum Gasteiger partial charge on any atom is 0.238 e. The van der Waals surface area contributed by atoms with Crippen LogP contribution in [0.2, 0.25) is 0 Å². The maximum absolute atomic E-state index is 12.0. The molecule has 0 radical (unpaired) electrons. The molecule has 124 valence electrons. The number of hydrogen-bond donors (Lipinski definition) is 2. The molecule has 1 atom stereocenters. The van der Waals surface area contributed by atoms with Crippen molar-refractivity contribution in [2.24, 2.45) is 0 Å². The van der Waals surface area contributed by atoms with Crippen LogP contribution in [0.25, 0.3) is 10.4 Å². The van der Waals surface area contributed by atoms with Gasteiger partial charge in [-0.1, -0.05) is 0 Å². The lowest BCUT2D eigenvalue weighted by Crippen LogP contribution is -2.41. The fourth-order valence-electron chi connectivity index (χ4n) is 2.24. The molecule has 23 heavy (non-hydrogen) atoms. The van der Waals surface area contributed by atoms with Crippen LogP contribution in [0.3, 0.4) is 0 Å². The standard InChI is InChI=1S/C16H18N2O2S2.ClH/c1-20-12-4-2-11(3-5-12)15-7-6-13(22-15)8-17-16(19)14-9-21-10-18-14;/h2-7,14,18H,8-10H2,1H3,(H,17,19);1H. The smallest absolute Gasteiger partial charge is 0.238 e. The Kier molecular flexibility index (Phi) is 6.77. The molecule has 3 rings (SSSR count). The zero-order valence-corrected chi connectivity index (χ0v) is 15.2. The van der Waals surface area contributed by atoms with Gasteiger partial charge in [0.05, 0.1) is 19.7 Å². The van der Waals surface area contributed by atoms with E-state index >= 15 is 0 Å². The van der Waals surface area contributed by atoms with Crippen LogP contribution in [-0.4, -0.2) is 30.7 Å². The first-order valence-corrected chi connectivity index (χ1v) is 9.05. The third kappa shape index (κ3) is 4.64. The van der Waals surface area contributed by atoms with Crippen molar-refractivity contribution in [2.75, 3.05) is 18.7 Å². The number of thiophene rings is 1. The molecule has 1 aromatic heterocycles. The van der Waals surface area contributed by atoms with Crippen LogP contribution >= 0.6 is 35.5 Å². The van der Waals surface area contributed by atoms with E-state index in [0.717, 1.165) is 27.8 Å². The van der Waals surface area contributed by atoms with Gasteiger partial charge in [-0.15, -0.1) is 35.5 Å². The zero-order valence-electron chi connectivity index (χ0n) is 12.7. The highest BCUT2D eigenvalue weighted by Gasteiger charge is 2.22. The Labute approximate surface area is 150 Å². The van der Waals surface area contributed by atoms with E-state index in [1.807, 2.05) is 24.3 Å². The van der Waals surface area contributed by atoms with Gasteiger partial charge in [-0.05, 0) is 42.0 Å². The first-order chi connectivity index (χ1) is 10.8. The van der Waals surface area contributed by atoms with Gasteiger partial charge in [0.15, 0.2) is 0 Å². The molecule has 2 heterocycles. The summed E-state index contributed by atoms with van der Waals surface area (Å²) < 4.78 is 5.17. The van der Waals surface area contributed by atoms with Crippen LogP contribution in [0, 0.1) is 0 Å². The fourth-order valence-corrected chi connectivity index (χ4v) is 4.14. The van der Waals surface area contributed by atoms with Gasteiger partial charge in [0, 0.05) is 21.4 Å². The number of amides is 1. The number of thioether (sulfide) groups is 1. The van der Waals surface area contributed by atoms with Crippen LogP contribution in [-0.2, 0) is 11.3 Å². The van der Waals surface area contributed by atoms with Crippen molar-refractivity contribution >= 4 is 41.4 Å². The van der Waals surface area contributed by atoms with E-state index in [1.165, 1.54) is 4.88 Å². The predicted molar refractivity (Wildman–Crippen MR) is 99.7 cm³/mol. The third-order valence-corrected chi connectivity index (χ3v) is 5.58. The summed E-state index contributed by atoms with van der Waals surface area (Å²) in [7, 11) is 1.67. The van der Waals surface area contributed by atoms with Crippen LogP contribution in [0.1, 0.15) is 4.88 Å². The Bertz CT molecular complexity index is 640. The first kappa shape index (κ1) is 18.1. The minimum atomic E-state index is -0.0500. The molecule has 2 N–H and O–H groups in total. The molecule has 1 aliphatic rings. The fraction of sp³-hybridized carbons (Fsp3) is 0.312. The van der Waals surface area contributed by atoms with E-state index in [-0.39, 0.29) is 24.4 Å². The van der Waals surface area contributed by atoms with Gasteiger partial charge in [0.25, 0.3) is 0 Å². The Morgan fingerprint density at radius 3 is 2.74 bits per heavy atom. The largest absolute Gasteiger partial charge is 0.497 e. The summed E-state index contributed by atoms with van der Waals surface area (Å²) in [6.45, 7) is 0.586. The summed E-state index contributed by atoms with van der Waals surface area (Å²) in [4.78, 5) is 14.3. The molecule has 0 bridgehead atoms. The number of hydrogen-bond acceptors (Lipinski definition) is 5. The molecule has 1 aliphatic heterocycles. The molecular weight excluding hydrogens is 352 g/mol. The number of ether oxygens (including phenoxy) is 1. The van der Waals surface area contributed by atoms with E-state index in [0.29, 0.717) is 6.54 Å². The Balaban J connectivity index is 0.00000192. The van der Waals surface area contributed by atoms with Crippen molar-refractivity contribution in [1.82, 2.24) is 10.6 Å². The molecule has 4 nitrogen and oxygen atoms in total. The molecule has 0 spiro atoms. The minimum absolute atomic E-state index is 0. The van der Waals surface area contributed by atoms with Gasteiger partial charge < -0.3 is 10.1 Å². The van der Waals surface area contributed by atoms with Crippen molar-refractivity contribution in [3.05, 3.63) is 41.3 Å². The summed E-state index contributed by atoms with van der Waals surface area (Å²) in [6, 6.07) is 12.1. The summed E-state index contributed by atoms with van der Waals surface area (Å²) >= 11 is 3.46. The average molecular weight is 371 g/mol. The van der Waals surface area contributed by atoms with Crippen molar-refractivity contribution in [1.29, 1.82) is 0 Å². The highest BCUT2D eigenvalue weighted by atomic mass is 35.5. The molecule has 1 amide bonds. The highest BCUT2D eigenvalue weighted by molar-refractivity contribution is 7.99. The molecule has 1 saturated heterocycles. The molecule has 7 heteroatoms. The van der Waals surface area contributed by atoms with Gasteiger partial charge in [-0.3, -0.25) is 10.1 Å². The van der Waals surface area contributed by atoms with E-state index < -0.39 is 0 Å². The molecule has 1 aromatic carbocycles. The number of rotatable bonds is 5. The average Bonchev–Trinajstić information content (AvgIpc) is 3.24. The van der Waals surface area contributed by atoms with Gasteiger partial charge >= 0.3 is 0 Å². The van der Waals surface area contributed by atoms with Crippen molar-refractivity contribution in [3.8, 4) is 16.2 Å². The van der Waals surface area contributed by atoms with Crippen molar-refractivity contribution in [3.63, 3.8) is 0 Å². The number of methoxy groups -OCH3 is 1. The predicted octanol–water partition coefficient (Wildman–Crippen LogP) is 3.12. The Morgan fingerprint density at radius 2 is 2.09 bits per heavy atom. The topological polar surface area (TPSA) is 50.4 Å². The summed E-state index contributed by atoms with van der Waals surface area (Å²) in [5.41, 5.74) is 1.16. The molecule has 0 saturated carbocycles. The van der Waals surface area contributed by atoms with Gasteiger partial charge in [0.1, 0.15) is 5.75 Å². The number of carbonyl (C=O) groups excluding carboxylic acids is 1. The zero-order chi connectivity index (χ0) is 15.4. The summed E-state index contributed by atoms with van der Waals surface area (Å²) in [5, 5.41) is 6.18. The Hall–Kier alpha value is -1.21. The van der Waals surface area contributed by atoms with Crippen LogP contribution in [0.5, 0.6) is 5.75 Å². The van der Waals surface area contributed by atoms with E-state index in [4.69, 9.17) is 4.74 Å². The van der Waals surface area contributed by atoms with Crippen molar-refractivity contribution < 1.29 is 9.53 Å². The monoisotopic (exact) mass is 370 g/mol. The van der Waals surface area contributed by atoms with E-state index in [9.17, 15) is 4.79 Å². The SMILES string of the molecule is COc1ccc(-c2ccc(CNC(=O)C3CSCN3)s2)cc1.Cl. The molecule has 1 unspecified atom stereocenters. The second-order valence-corrected chi connectivity index (χ2v) is 7.18. The molecular formula is C16H19ClN2O2S2. The molecule has 2 aromatic rings. The lowest BCUT2D eigenvalue weighted by Gasteiger charge is -2.09. The van der Waals surface area contributed by atoms with Gasteiger partial charge in [0.2, 0.25) is 5.91 Å². The lowest BCUT2D eigenvalue weighted by atomic mass is 10.2. The number of halogens is 1.